The highest BCUT2D eigenvalue weighted by Gasteiger charge is 2.17. The molecule has 0 bridgehead atoms. The molecule has 0 atom stereocenters. The molecule has 1 aromatic heterocycles. The van der Waals surface area contributed by atoms with E-state index in [1.54, 1.807) is 25.3 Å². The van der Waals surface area contributed by atoms with Crippen molar-refractivity contribution in [3.8, 4) is 5.75 Å². The number of aromatic amines is 1. The Hall–Kier alpha value is -4.13. The first kappa shape index (κ1) is 21.1. The van der Waals surface area contributed by atoms with Gasteiger partial charge in [-0.2, -0.15) is 0 Å². The number of H-pyrrole nitrogens is 1. The van der Waals surface area contributed by atoms with Gasteiger partial charge in [-0.05, 0) is 54.1 Å². The Balaban J connectivity index is 1.64. The van der Waals surface area contributed by atoms with E-state index in [9.17, 15) is 14.0 Å². The van der Waals surface area contributed by atoms with Crippen LogP contribution in [0.15, 0.2) is 83.7 Å². The Morgan fingerprint density at radius 2 is 1.75 bits per heavy atom. The van der Waals surface area contributed by atoms with Crippen molar-refractivity contribution in [1.82, 2.24) is 9.88 Å². The Kier molecular flexibility index (Phi) is 6.17. The maximum atomic E-state index is 13.2. The molecule has 32 heavy (non-hydrogen) atoms. The summed E-state index contributed by atoms with van der Waals surface area (Å²) >= 11 is 0. The third-order valence-electron chi connectivity index (χ3n) is 5.09. The molecule has 0 fully saturated rings. The molecule has 0 saturated carbocycles. The Labute approximate surface area is 184 Å². The molecular formula is C25H22FN3O3. The largest absolute Gasteiger partial charge is 0.497 e. The number of benzene rings is 3. The second-order valence-corrected chi connectivity index (χ2v) is 7.36. The number of nitrogens with zero attached hydrogens (tertiary/aromatic N) is 1. The van der Waals surface area contributed by atoms with E-state index in [2.05, 4.69) is 10.3 Å². The van der Waals surface area contributed by atoms with E-state index >= 15 is 0 Å². The Bertz CT molecular complexity index is 1290. The summed E-state index contributed by atoms with van der Waals surface area (Å²) < 4.78 is 18.5. The molecule has 2 N–H and O–H groups in total. The number of fused-ring (bicyclic) bond motifs is 1. The first-order valence-corrected chi connectivity index (χ1v) is 10.1. The normalized spacial score (nSPS) is 10.7. The topological polar surface area (TPSA) is 74.4 Å². The second-order valence-electron chi connectivity index (χ2n) is 7.36. The smallest absolute Gasteiger partial charge is 0.322 e. The maximum absolute atomic E-state index is 13.2. The van der Waals surface area contributed by atoms with Crippen LogP contribution >= 0.6 is 0 Å². The standard InChI is InChI=1S/C25H22FN3O3/c1-32-22-11-12-23-18(14-22)13-19(24(30)28-23)16-29(15-17-5-3-2-4-6-17)25(31)27-21-9-7-20(26)8-10-21/h2-14H,15-16H2,1H3,(H,27,31)(H,28,30). The van der Waals surface area contributed by atoms with E-state index in [1.165, 1.54) is 29.2 Å². The lowest BCUT2D eigenvalue weighted by Gasteiger charge is -2.23. The number of rotatable bonds is 6. The molecule has 0 unspecified atom stereocenters. The average Bonchev–Trinajstić information content (AvgIpc) is 2.81. The van der Waals surface area contributed by atoms with E-state index < -0.39 is 6.03 Å². The number of carbonyl (C=O) groups excluding carboxylic acids is 1. The molecular weight excluding hydrogens is 409 g/mol. The third kappa shape index (κ3) is 4.95. The predicted octanol–water partition coefficient (Wildman–Crippen LogP) is 4.91. The number of carbonyl (C=O) groups is 1. The number of nitrogens with one attached hydrogen (secondary N) is 2. The van der Waals surface area contributed by atoms with Gasteiger partial charge in [0.2, 0.25) is 0 Å². The van der Waals surface area contributed by atoms with Gasteiger partial charge < -0.3 is 19.9 Å². The number of amides is 2. The van der Waals surface area contributed by atoms with Crippen molar-refractivity contribution >= 4 is 22.6 Å². The average molecular weight is 431 g/mol. The zero-order chi connectivity index (χ0) is 22.5. The van der Waals surface area contributed by atoms with E-state index in [0.717, 1.165) is 10.9 Å². The number of aromatic nitrogens is 1. The third-order valence-corrected chi connectivity index (χ3v) is 5.09. The molecule has 0 radical (unpaired) electrons. The molecule has 2 amide bonds. The number of methoxy groups -OCH3 is 1. The van der Waals surface area contributed by atoms with Gasteiger partial charge in [-0.15, -0.1) is 0 Å². The Morgan fingerprint density at radius 1 is 1.00 bits per heavy atom. The zero-order valence-electron chi connectivity index (χ0n) is 17.5. The number of pyridine rings is 1. The van der Waals surface area contributed by atoms with Crippen molar-refractivity contribution < 1.29 is 13.9 Å². The molecule has 0 aliphatic rings. The molecule has 0 aliphatic heterocycles. The number of anilines is 1. The number of hydrogen-bond acceptors (Lipinski definition) is 3. The summed E-state index contributed by atoms with van der Waals surface area (Å²) in [6, 6.07) is 21.8. The number of halogens is 1. The van der Waals surface area contributed by atoms with Crippen molar-refractivity contribution in [2.24, 2.45) is 0 Å². The minimum atomic E-state index is -0.398. The minimum absolute atomic E-state index is 0.0877. The summed E-state index contributed by atoms with van der Waals surface area (Å²) in [7, 11) is 1.58. The molecule has 4 aromatic rings. The van der Waals surface area contributed by atoms with Gasteiger partial charge >= 0.3 is 6.03 Å². The number of urea groups is 1. The lowest BCUT2D eigenvalue weighted by atomic mass is 10.1. The van der Waals surface area contributed by atoms with Gasteiger partial charge in [-0.3, -0.25) is 4.79 Å². The summed E-state index contributed by atoms with van der Waals surface area (Å²) in [5.74, 6) is 0.285. The van der Waals surface area contributed by atoms with Crippen molar-refractivity contribution in [2.75, 3.05) is 12.4 Å². The van der Waals surface area contributed by atoms with Crippen molar-refractivity contribution in [2.45, 2.75) is 13.1 Å². The molecule has 3 aromatic carbocycles. The highest BCUT2D eigenvalue weighted by atomic mass is 19.1. The summed E-state index contributed by atoms with van der Waals surface area (Å²) in [5, 5.41) is 3.58. The first-order chi connectivity index (χ1) is 15.5. The summed E-state index contributed by atoms with van der Waals surface area (Å²) in [6.07, 6.45) is 0. The molecule has 4 rings (SSSR count). The van der Waals surface area contributed by atoms with E-state index in [4.69, 9.17) is 4.74 Å². The van der Waals surface area contributed by atoms with Gasteiger partial charge in [0.05, 0.1) is 13.7 Å². The van der Waals surface area contributed by atoms with Crippen LogP contribution in [0.25, 0.3) is 10.9 Å². The summed E-state index contributed by atoms with van der Waals surface area (Å²) in [5.41, 5.74) is 2.24. The monoisotopic (exact) mass is 431 g/mol. The van der Waals surface area contributed by atoms with Crippen LogP contribution in [0.2, 0.25) is 0 Å². The van der Waals surface area contributed by atoms with Crippen LogP contribution in [-0.4, -0.2) is 23.0 Å². The SMILES string of the molecule is COc1ccc2[nH]c(=O)c(CN(Cc3ccccc3)C(=O)Nc3ccc(F)cc3)cc2c1. The van der Waals surface area contributed by atoms with Gasteiger partial charge in [0.25, 0.3) is 5.56 Å². The van der Waals surface area contributed by atoms with Crippen LogP contribution in [0.3, 0.4) is 0 Å². The molecule has 0 aliphatic carbocycles. The molecule has 1 heterocycles. The lowest BCUT2D eigenvalue weighted by molar-refractivity contribution is 0.206. The van der Waals surface area contributed by atoms with Gasteiger partial charge in [0.15, 0.2) is 0 Å². The van der Waals surface area contributed by atoms with Gasteiger partial charge in [-0.25, -0.2) is 9.18 Å². The summed E-state index contributed by atoms with van der Waals surface area (Å²) in [4.78, 5) is 30.2. The summed E-state index contributed by atoms with van der Waals surface area (Å²) in [6.45, 7) is 0.383. The van der Waals surface area contributed by atoms with Crippen LogP contribution in [0, 0.1) is 5.82 Å². The minimum Gasteiger partial charge on any atom is -0.497 e. The zero-order valence-corrected chi connectivity index (χ0v) is 17.5. The van der Waals surface area contributed by atoms with Crippen molar-refractivity contribution in [3.05, 3.63) is 106 Å². The van der Waals surface area contributed by atoms with Crippen LogP contribution in [0.5, 0.6) is 5.75 Å². The van der Waals surface area contributed by atoms with E-state index in [1.807, 2.05) is 36.4 Å². The van der Waals surface area contributed by atoms with Crippen LogP contribution in [0.1, 0.15) is 11.1 Å². The Morgan fingerprint density at radius 3 is 2.47 bits per heavy atom. The van der Waals surface area contributed by atoms with Gasteiger partial charge in [0.1, 0.15) is 11.6 Å². The molecule has 0 saturated heterocycles. The van der Waals surface area contributed by atoms with Crippen molar-refractivity contribution in [3.63, 3.8) is 0 Å². The van der Waals surface area contributed by atoms with Crippen LogP contribution in [-0.2, 0) is 13.1 Å². The van der Waals surface area contributed by atoms with Crippen LogP contribution in [0.4, 0.5) is 14.9 Å². The fourth-order valence-corrected chi connectivity index (χ4v) is 3.42. The fourth-order valence-electron chi connectivity index (χ4n) is 3.42. The van der Waals surface area contributed by atoms with Gasteiger partial charge in [0, 0.05) is 28.7 Å². The number of ether oxygens (including phenoxy) is 1. The molecule has 7 heteroatoms. The van der Waals surface area contributed by atoms with Gasteiger partial charge in [-0.1, -0.05) is 30.3 Å². The molecule has 0 spiro atoms. The maximum Gasteiger partial charge on any atom is 0.322 e. The highest BCUT2D eigenvalue weighted by Crippen LogP contribution is 2.20. The molecule has 6 nitrogen and oxygen atoms in total. The van der Waals surface area contributed by atoms with E-state index in [-0.39, 0.29) is 17.9 Å². The molecule has 162 valence electrons. The second kappa shape index (κ2) is 9.34. The quantitative estimate of drug-likeness (QED) is 0.456. The highest BCUT2D eigenvalue weighted by molar-refractivity contribution is 5.89. The first-order valence-electron chi connectivity index (χ1n) is 10.1. The lowest BCUT2D eigenvalue weighted by Crippen LogP contribution is -2.35. The fraction of sp³-hybridized carbons (Fsp3) is 0.120. The van der Waals surface area contributed by atoms with Crippen LogP contribution < -0.4 is 15.6 Å². The van der Waals surface area contributed by atoms with Crippen molar-refractivity contribution in [1.29, 1.82) is 0 Å². The number of hydrogen-bond donors (Lipinski definition) is 2. The predicted molar refractivity (Wildman–Crippen MR) is 122 cm³/mol. The van der Waals surface area contributed by atoms with E-state index in [0.29, 0.717) is 29.1 Å².